The SMILES string of the molecule is COc1ccc(C(CN=C(N)Nc2cccc3c2CCCC3)N2CCOCC2)cc1OC. The first-order valence-electron chi connectivity index (χ1n) is 11.4. The molecular weight excluding hydrogens is 404 g/mol. The van der Waals surface area contributed by atoms with Gasteiger partial charge in [0.2, 0.25) is 0 Å². The van der Waals surface area contributed by atoms with E-state index in [1.54, 1.807) is 14.2 Å². The number of morpholine rings is 1. The Morgan fingerprint density at radius 3 is 2.66 bits per heavy atom. The van der Waals surface area contributed by atoms with Gasteiger partial charge in [-0.3, -0.25) is 9.89 Å². The fourth-order valence-corrected chi connectivity index (χ4v) is 4.64. The van der Waals surface area contributed by atoms with E-state index in [0.29, 0.717) is 18.3 Å². The number of nitrogens with one attached hydrogen (secondary N) is 1. The highest BCUT2D eigenvalue weighted by Crippen LogP contribution is 2.33. The van der Waals surface area contributed by atoms with Gasteiger partial charge in [-0.15, -0.1) is 0 Å². The second-order valence-corrected chi connectivity index (χ2v) is 8.28. The average molecular weight is 439 g/mol. The Hall–Kier alpha value is -2.77. The van der Waals surface area contributed by atoms with Gasteiger partial charge in [0.15, 0.2) is 17.5 Å². The molecule has 32 heavy (non-hydrogen) atoms. The Morgan fingerprint density at radius 2 is 1.88 bits per heavy atom. The van der Waals surface area contributed by atoms with Crippen LogP contribution in [0, 0.1) is 0 Å². The molecule has 2 aliphatic rings. The van der Waals surface area contributed by atoms with Crippen molar-refractivity contribution < 1.29 is 14.2 Å². The van der Waals surface area contributed by atoms with Gasteiger partial charge < -0.3 is 25.3 Å². The molecule has 0 bridgehead atoms. The Balaban J connectivity index is 1.54. The standard InChI is InChI=1S/C25H34N4O3/c1-30-23-11-10-19(16-24(23)31-2)22(29-12-14-32-15-13-29)17-27-25(26)28-21-9-5-7-18-6-3-4-8-20(18)21/h5,7,9-11,16,22H,3-4,6,8,12-15,17H2,1-2H3,(H3,26,27,28). The van der Waals surface area contributed by atoms with Crippen LogP contribution in [0.15, 0.2) is 41.4 Å². The molecule has 0 radical (unpaired) electrons. The highest BCUT2D eigenvalue weighted by Gasteiger charge is 2.24. The number of hydrogen-bond donors (Lipinski definition) is 2. The summed E-state index contributed by atoms with van der Waals surface area (Å²) in [6, 6.07) is 12.5. The number of rotatable bonds is 7. The van der Waals surface area contributed by atoms with E-state index in [9.17, 15) is 0 Å². The normalized spacial score (nSPS) is 18.0. The maximum absolute atomic E-state index is 6.35. The molecule has 1 heterocycles. The summed E-state index contributed by atoms with van der Waals surface area (Å²) in [5.41, 5.74) is 11.4. The molecule has 172 valence electrons. The minimum atomic E-state index is 0.0729. The molecule has 1 aliphatic heterocycles. The third-order valence-electron chi connectivity index (χ3n) is 6.37. The Bertz CT molecular complexity index is 941. The second kappa shape index (κ2) is 10.7. The number of anilines is 1. The second-order valence-electron chi connectivity index (χ2n) is 8.28. The lowest BCUT2D eigenvalue weighted by molar-refractivity contribution is 0.0179. The summed E-state index contributed by atoms with van der Waals surface area (Å²) in [4.78, 5) is 7.14. The van der Waals surface area contributed by atoms with E-state index in [2.05, 4.69) is 34.5 Å². The van der Waals surface area contributed by atoms with E-state index in [-0.39, 0.29) is 6.04 Å². The van der Waals surface area contributed by atoms with Gasteiger partial charge in [-0.05, 0) is 60.6 Å². The van der Waals surface area contributed by atoms with E-state index in [0.717, 1.165) is 56.1 Å². The van der Waals surface area contributed by atoms with Crippen LogP contribution in [0.4, 0.5) is 5.69 Å². The van der Waals surface area contributed by atoms with Gasteiger partial charge in [-0.25, -0.2) is 0 Å². The molecule has 0 spiro atoms. The highest BCUT2D eigenvalue weighted by molar-refractivity contribution is 5.93. The number of nitrogens with zero attached hydrogens (tertiary/aromatic N) is 2. The smallest absolute Gasteiger partial charge is 0.193 e. The van der Waals surface area contributed by atoms with Crippen molar-refractivity contribution in [2.24, 2.45) is 10.7 Å². The predicted octanol–water partition coefficient (Wildman–Crippen LogP) is 3.38. The van der Waals surface area contributed by atoms with E-state index in [1.807, 2.05) is 12.1 Å². The van der Waals surface area contributed by atoms with Crippen LogP contribution in [0.25, 0.3) is 0 Å². The Morgan fingerprint density at radius 1 is 1.09 bits per heavy atom. The molecule has 7 heteroatoms. The number of guanidine groups is 1. The lowest BCUT2D eigenvalue weighted by Gasteiger charge is -2.34. The molecule has 0 amide bonds. The summed E-state index contributed by atoms with van der Waals surface area (Å²) in [7, 11) is 3.31. The number of methoxy groups -OCH3 is 2. The minimum absolute atomic E-state index is 0.0729. The quantitative estimate of drug-likeness (QED) is 0.510. The summed E-state index contributed by atoms with van der Waals surface area (Å²) < 4.78 is 16.5. The first kappa shape index (κ1) is 22.4. The Labute approximate surface area is 190 Å². The van der Waals surface area contributed by atoms with Gasteiger partial charge in [0, 0.05) is 18.8 Å². The van der Waals surface area contributed by atoms with Crippen LogP contribution >= 0.6 is 0 Å². The molecular formula is C25H34N4O3. The van der Waals surface area contributed by atoms with Crippen LogP contribution in [-0.4, -0.2) is 57.9 Å². The average Bonchev–Trinajstić information content (AvgIpc) is 2.85. The van der Waals surface area contributed by atoms with Crippen molar-refractivity contribution in [2.75, 3.05) is 52.4 Å². The van der Waals surface area contributed by atoms with Crippen LogP contribution in [-0.2, 0) is 17.6 Å². The summed E-state index contributed by atoms with van der Waals surface area (Å²) in [6.07, 6.45) is 4.71. The number of ether oxygens (including phenoxy) is 3. The van der Waals surface area contributed by atoms with Gasteiger partial charge >= 0.3 is 0 Å². The summed E-state index contributed by atoms with van der Waals surface area (Å²) in [5.74, 6) is 1.88. The molecule has 1 atom stereocenters. The van der Waals surface area contributed by atoms with Crippen molar-refractivity contribution in [1.29, 1.82) is 0 Å². The van der Waals surface area contributed by atoms with E-state index in [1.165, 1.54) is 24.0 Å². The topological polar surface area (TPSA) is 81.3 Å². The third-order valence-corrected chi connectivity index (χ3v) is 6.37. The number of aliphatic imine (C=N–C) groups is 1. The first-order chi connectivity index (χ1) is 15.7. The Kier molecular flexibility index (Phi) is 7.50. The molecule has 2 aromatic rings. The predicted molar refractivity (Wildman–Crippen MR) is 128 cm³/mol. The van der Waals surface area contributed by atoms with Crippen molar-refractivity contribution in [2.45, 2.75) is 31.7 Å². The molecule has 2 aromatic carbocycles. The third kappa shape index (κ3) is 5.16. The first-order valence-corrected chi connectivity index (χ1v) is 11.4. The van der Waals surface area contributed by atoms with Crippen LogP contribution in [0.3, 0.4) is 0 Å². The molecule has 1 aliphatic carbocycles. The van der Waals surface area contributed by atoms with Gasteiger partial charge in [-0.1, -0.05) is 18.2 Å². The molecule has 7 nitrogen and oxygen atoms in total. The summed E-state index contributed by atoms with van der Waals surface area (Å²) >= 11 is 0. The number of hydrogen-bond acceptors (Lipinski definition) is 5. The fraction of sp³-hybridized carbons (Fsp3) is 0.480. The zero-order valence-electron chi connectivity index (χ0n) is 19.1. The van der Waals surface area contributed by atoms with Crippen molar-refractivity contribution in [3.05, 3.63) is 53.1 Å². The van der Waals surface area contributed by atoms with Crippen LogP contribution in [0.5, 0.6) is 11.5 Å². The van der Waals surface area contributed by atoms with Crippen molar-refractivity contribution in [1.82, 2.24) is 4.90 Å². The van der Waals surface area contributed by atoms with Gasteiger partial charge in [0.05, 0.1) is 40.0 Å². The fourth-order valence-electron chi connectivity index (χ4n) is 4.64. The van der Waals surface area contributed by atoms with Crippen molar-refractivity contribution >= 4 is 11.6 Å². The van der Waals surface area contributed by atoms with E-state index >= 15 is 0 Å². The maximum Gasteiger partial charge on any atom is 0.193 e. The van der Waals surface area contributed by atoms with Crippen LogP contribution in [0.1, 0.15) is 35.6 Å². The summed E-state index contributed by atoms with van der Waals surface area (Å²) in [5, 5.41) is 3.36. The van der Waals surface area contributed by atoms with Crippen LogP contribution in [0.2, 0.25) is 0 Å². The minimum Gasteiger partial charge on any atom is -0.493 e. The maximum atomic E-state index is 6.35. The zero-order valence-corrected chi connectivity index (χ0v) is 19.1. The van der Waals surface area contributed by atoms with Crippen LogP contribution < -0.4 is 20.5 Å². The number of fused-ring (bicyclic) bond motifs is 1. The van der Waals surface area contributed by atoms with Crippen molar-refractivity contribution in [3.63, 3.8) is 0 Å². The lowest BCUT2D eigenvalue weighted by atomic mass is 9.90. The molecule has 3 N–H and O–H groups in total. The zero-order chi connectivity index (χ0) is 22.3. The summed E-state index contributed by atoms with van der Waals surface area (Å²) in [6.45, 7) is 3.69. The molecule has 1 saturated heterocycles. The van der Waals surface area contributed by atoms with E-state index < -0.39 is 0 Å². The largest absolute Gasteiger partial charge is 0.493 e. The van der Waals surface area contributed by atoms with Crippen molar-refractivity contribution in [3.8, 4) is 11.5 Å². The van der Waals surface area contributed by atoms with Gasteiger partial charge in [-0.2, -0.15) is 0 Å². The molecule has 4 rings (SSSR count). The lowest BCUT2D eigenvalue weighted by Crippen LogP contribution is -2.40. The molecule has 0 saturated carbocycles. The molecule has 1 fully saturated rings. The molecule has 0 aromatic heterocycles. The highest BCUT2D eigenvalue weighted by atomic mass is 16.5. The molecule has 1 unspecified atom stereocenters. The van der Waals surface area contributed by atoms with Gasteiger partial charge in [0.25, 0.3) is 0 Å². The number of nitrogens with two attached hydrogens (primary N) is 1. The monoisotopic (exact) mass is 438 g/mol. The number of aryl methyl sites for hydroxylation is 1. The van der Waals surface area contributed by atoms with E-state index in [4.69, 9.17) is 24.9 Å². The van der Waals surface area contributed by atoms with Gasteiger partial charge in [0.1, 0.15) is 0 Å². The number of benzene rings is 2.